The van der Waals surface area contributed by atoms with Gasteiger partial charge in [0.2, 0.25) is 5.95 Å². The number of ether oxygens (including phenoxy) is 2. The summed E-state index contributed by atoms with van der Waals surface area (Å²) in [6.07, 6.45) is 0. The fourth-order valence-corrected chi connectivity index (χ4v) is 4.43. The largest absolute Gasteiger partial charge is 0.495 e. The number of nitrogens with one attached hydrogen (secondary N) is 2. The Bertz CT molecular complexity index is 1460. The third-order valence-corrected chi connectivity index (χ3v) is 6.27. The highest BCUT2D eigenvalue weighted by Gasteiger charge is 2.34. The van der Waals surface area contributed by atoms with Gasteiger partial charge in [-0.3, -0.25) is 4.79 Å². The molecule has 188 valence electrons. The lowest BCUT2D eigenvalue weighted by atomic mass is 9.95. The van der Waals surface area contributed by atoms with Crippen LogP contribution in [0.2, 0.25) is 0 Å². The Morgan fingerprint density at radius 3 is 2.46 bits per heavy atom. The van der Waals surface area contributed by atoms with Crippen molar-refractivity contribution in [3.8, 4) is 22.9 Å². The van der Waals surface area contributed by atoms with Crippen LogP contribution in [-0.2, 0) is 4.79 Å². The highest BCUT2D eigenvalue weighted by atomic mass is 16.5. The Kier molecular flexibility index (Phi) is 6.64. The first kappa shape index (κ1) is 24.1. The summed E-state index contributed by atoms with van der Waals surface area (Å²) in [5, 5.41) is 11.2. The van der Waals surface area contributed by atoms with Crippen molar-refractivity contribution < 1.29 is 14.3 Å². The van der Waals surface area contributed by atoms with Crippen molar-refractivity contribution in [2.75, 3.05) is 24.4 Å². The molecule has 1 atom stereocenters. The minimum atomic E-state index is -0.506. The second kappa shape index (κ2) is 10.2. The predicted molar refractivity (Wildman–Crippen MR) is 144 cm³/mol. The van der Waals surface area contributed by atoms with Crippen LogP contribution in [-0.4, -0.2) is 34.4 Å². The molecule has 0 saturated heterocycles. The van der Waals surface area contributed by atoms with Gasteiger partial charge < -0.3 is 20.1 Å². The number of carbonyl (C=O) groups excluding carboxylic acids is 1. The number of fused-ring (bicyclic) bond motifs is 1. The molecule has 37 heavy (non-hydrogen) atoms. The van der Waals surface area contributed by atoms with Crippen LogP contribution in [0.5, 0.6) is 11.5 Å². The van der Waals surface area contributed by atoms with Crippen molar-refractivity contribution >= 4 is 17.5 Å². The highest BCUT2D eigenvalue weighted by molar-refractivity contribution is 6.06. The maximum atomic E-state index is 13.8. The first-order valence-electron chi connectivity index (χ1n) is 12.2. The molecule has 1 amide bonds. The lowest BCUT2D eigenvalue weighted by Crippen LogP contribution is -2.31. The highest BCUT2D eigenvalue weighted by Crippen LogP contribution is 2.38. The van der Waals surface area contributed by atoms with Gasteiger partial charge in [0.25, 0.3) is 5.91 Å². The molecule has 0 saturated carbocycles. The van der Waals surface area contributed by atoms with Gasteiger partial charge in [0.1, 0.15) is 17.5 Å². The molecule has 1 aliphatic heterocycles. The monoisotopic (exact) mass is 495 g/mol. The zero-order chi connectivity index (χ0) is 25.9. The molecule has 2 heterocycles. The quantitative estimate of drug-likeness (QED) is 0.347. The third-order valence-electron chi connectivity index (χ3n) is 6.27. The molecular formula is C29H29N5O3. The van der Waals surface area contributed by atoms with E-state index in [2.05, 4.69) is 10.6 Å². The number of rotatable bonds is 7. The van der Waals surface area contributed by atoms with Crippen molar-refractivity contribution in [1.82, 2.24) is 14.8 Å². The van der Waals surface area contributed by atoms with E-state index in [1.54, 1.807) is 11.8 Å². The first-order chi connectivity index (χ1) is 18.0. The molecule has 0 bridgehead atoms. The number of hydrogen-bond donors (Lipinski definition) is 2. The van der Waals surface area contributed by atoms with E-state index in [1.165, 1.54) is 0 Å². The van der Waals surface area contributed by atoms with Crippen molar-refractivity contribution in [2.45, 2.75) is 26.8 Å². The van der Waals surface area contributed by atoms with E-state index in [0.717, 1.165) is 22.4 Å². The van der Waals surface area contributed by atoms with Crippen LogP contribution in [0.15, 0.2) is 84.1 Å². The maximum absolute atomic E-state index is 13.8. The normalized spacial score (nSPS) is 14.5. The van der Waals surface area contributed by atoms with Crippen LogP contribution < -0.4 is 20.1 Å². The number of allylic oxidation sites excluding steroid dienone is 1. The average molecular weight is 496 g/mol. The molecule has 2 N–H and O–H groups in total. The van der Waals surface area contributed by atoms with Crippen LogP contribution in [0, 0.1) is 6.92 Å². The van der Waals surface area contributed by atoms with Crippen LogP contribution >= 0.6 is 0 Å². The first-order valence-corrected chi connectivity index (χ1v) is 12.2. The molecule has 1 unspecified atom stereocenters. The summed E-state index contributed by atoms with van der Waals surface area (Å²) < 4.78 is 12.8. The van der Waals surface area contributed by atoms with Gasteiger partial charge in [0, 0.05) is 11.3 Å². The Morgan fingerprint density at radius 2 is 1.76 bits per heavy atom. The topological polar surface area (TPSA) is 90.3 Å². The fourth-order valence-electron chi connectivity index (χ4n) is 4.43. The summed E-state index contributed by atoms with van der Waals surface area (Å²) >= 11 is 0. The molecule has 5 rings (SSSR count). The molecule has 0 aliphatic carbocycles. The number of para-hydroxylation sites is 2. The van der Waals surface area contributed by atoms with Gasteiger partial charge in [-0.15, -0.1) is 5.10 Å². The number of aromatic nitrogens is 3. The number of carbonyl (C=O) groups is 1. The fraction of sp³-hybridized carbons (Fsp3) is 0.207. The van der Waals surface area contributed by atoms with Gasteiger partial charge in [-0.2, -0.15) is 4.98 Å². The molecule has 1 aromatic heterocycles. The summed E-state index contributed by atoms with van der Waals surface area (Å²) in [6, 6.07) is 22.6. The van der Waals surface area contributed by atoms with E-state index in [1.807, 2.05) is 93.6 Å². The molecule has 8 heteroatoms. The van der Waals surface area contributed by atoms with E-state index >= 15 is 0 Å². The van der Waals surface area contributed by atoms with Gasteiger partial charge >= 0.3 is 0 Å². The van der Waals surface area contributed by atoms with Gasteiger partial charge in [-0.1, -0.05) is 54.1 Å². The van der Waals surface area contributed by atoms with Crippen molar-refractivity contribution in [1.29, 1.82) is 0 Å². The summed E-state index contributed by atoms with van der Waals surface area (Å²) in [7, 11) is 1.58. The van der Waals surface area contributed by atoms with E-state index in [9.17, 15) is 4.79 Å². The molecule has 8 nitrogen and oxygen atoms in total. The zero-order valence-corrected chi connectivity index (χ0v) is 21.3. The Morgan fingerprint density at radius 1 is 1.03 bits per heavy atom. The van der Waals surface area contributed by atoms with Gasteiger partial charge in [0.15, 0.2) is 5.82 Å². The van der Waals surface area contributed by atoms with Crippen molar-refractivity contribution in [2.24, 2.45) is 0 Å². The molecular weight excluding hydrogens is 466 g/mol. The second-order valence-corrected chi connectivity index (χ2v) is 8.79. The zero-order valence-electron chi connectivity index (χ0n) is 21.3. The van der Waals surface area contributed by atoms with Gasteiger partial charge in [-0.25, -0.2) is 4.68 Å². The number of nitrogens with zero attached hydrogens (tertiary/aromatic N) is 3. The standard InChI is InChI=1S/C29H29N5O3/c1-5-37-22-16-14-20(15-17-22)26-25(28(35)31-23-8-6-7-9-24(23)36-4)19(3)30-29-32-27(33-34(26)29)21-12-10-18(2)11-13-21/h6-17,26H,5H2,1-4H3,(H,31,35)(H,30,32,33). The third kappa shape index (κ3) is 4.78. The lowest BCUT2D eigenvalue weighted by Gasteiger charge is -2.29. The summed E-state index contributed by atoms with van der Waals surface area (Å²) in [5.41, 5.74) is 4.76. The Labute approximate surface area is 216 Å². The summed E-state index contributed by atoms with van der Waals surface area (Å²) in [6.45, 7) is 6.44. The van der Waals surface area contributed by atoms with Gasteiger partial charge in [-0.05, 0) is 50.6 Å². The van der Waals surface area contributed by atoms with Crippen LogP contribution in [0.1, 0.15) is 31.0 Å². The SMILES string of the molecule is CCOc1ccc(C2C(C(=O)Nc3ccccc3OC)=C(C)Nc3nc(-c4ccc(C)cc4)nn32)cc1. The van der Waals surface area contributed by atoms with E-state index in [-0.39, 0.29) is 5.91 Å². The number of benzene rings is 3. The molecule has 0 fully saturated rings. The van der Waals surface area contributed by atoms with Gasteiger partial charge in [0.05, 0.1) is 25.0 Å². The number of methoxy groups -OCH3 is 1. The van der Waals surface area contributed by atoms with E-state index in [4.69, 9.17) is 19.6 Å². The minimum absolute atomic E-state index is 0.258. The van der Waals surface area contributed by atoms with Crippen LogP contribution in [0.25, 0.3) is 11.4 Å². The molecule has 3 aromatic carbocycles. The van der Waals surface area contributed by atoms with E-state index < -0.39 is 6.04 Å². The minimum Gasteiger partial charge on any atom is -0.495 e. The Hall–Kier alpha value is -4.59. The molecule has 1 aliphatic rings. The predicted octanol–water partition coefficient (Wildman–Crippen LogP) is 5.59. The Balaban J connectivity index is 1.58. The molecule has 0 radical (unpaired) electrons. The van der Waals surface area contributed by atoms with Crippen LogP contribution in [0.4, 0.5) is 11.6 Å². The number of anilines is 2. The smallest absolute Gasteiger partial charge is 0.255 e. The summed E-state index contributed by atoms with van der Waals surface area (Å²) in [5.74, 6) is 2.24. The van der Waals surface area contributed by atoms with Crippen molar-refractivity contribution in [3.63, 3.8) is 0 Å². The maximum Gasteiger partial charge on any atom is 0.255 e. The molecule has 0 spiro atoms. The van der Waals surface area contributed by atoms with E-state index in [0.29, 0.717) is 41.1 Å². The molecule has 4 aromatic rings. The van der Waals surface area contributed by atoms with Crippen molar-refractivity contribution in [3.05, 3.63) is 95.2 Å². The second-order valence-electron chi connectivity index (χ2n) is 8.79. The number of amides is 1. The average Bonchev–Trinajstić information content (AvgIpc) is 3.33. The number of aryl methyl sites for hydroxylation is 1. The number of hydrogen-bond acceptors (Lipinski definition) is 6. The lowest BCUT2D eigenvalue weighted by molar-refractivity contribution is -0.113. The summed E-state index contributed by atoms with van der Waals surface area (Å²) in [4.78, 5) is 18.5. The van der Waals surface area contributed by atoms with Crippen LogP contribution in [0.3, 0.4) is 0 Å².